The van der Waals surface area contributed by atoms with Crippen molar-refractivity contribution in [2.24, 2.45) is 0 Å². The van der Waals surface area contributed by atoms with Gasteiger partial charge >= 0.3 is 5.97 Å². The zero-order valence-corrected chi connectivity index (χ0v) is 21.8. The molecule has 1 aliphatic heterocycles. The number of piperazine rings is 1. The van der Waals surface area contributed by atoms with E-state index in [2.05, 4.69) is 98.2 Å². The molecule has 0 atom stereocenters. The zero-order valence-electron chi connectivity index (χ0n) is 21.1. The van der Waals surface area contributed by atoms with Crippen LogP contribution in [0.15, 0.2) is 91.1 Å². The maximum atomic E-state index is 9.04. The third-order valence-electron chi connectivity index (χ3n) is 6.76. The molecule has 3 heterocycles. The molecular weight excluding hydrogens is 516 g/mol. The minimum Gasteiger partial charge on any atom is -0.539 e. The van der Waals surface area contributed by atoms with Crippen LogP contribution in [0.4, 0.5) is 5.69 Å². The first kappa shape index (κ1) is 26.2. The standard InChI is InChI=1S/C28H25ClN4.C2H2O4/c29-23-10-12-24(13-11-23)32-16-14-31(15-17-32)19-21-18-27-28(22-6-2-1-3-7-22)30-25-8-4-5-9-26(25)33(27)20-21;3-1(4)2(5)6/h1-13,18,20H,14-17,19H2;(H,3,4)(H,5,6). The van der Waals surface area contributed by atoms with Gasteiger partial charge in [-0.25, -0.2) is 9.78 Å². The fraction of sp³-hybridized carbons (Fsp3) is 0.167. The van der Waals surface area contributed by atoms with Crippen LogP contribution in [-0.4, -0.2) is 52.5 Å². The molecule has 1 fully saturated rings. The number of carboxylic acids is 2. The Bertz CT molecular complexity index is 1600. The van der Waals surface area contributed by atoms with E-state index in [4.69, 9.17) is 31.4 Å². The van der Waals surface area contributed by atoms with Gasteiger partial charge < -0.3 is 24.3 Å². The number of aromatic amines is 1. The lowest BCUT2D eigenvalue weighted by Gasteiger charge is -2.36. The Balaban J connectivity index is 0.000000465. The summed E-state index contributed by atoms with van der Waals surface area (Å²) < 4.78 is 2.34. The maximum absolute atomic E-state index is 9.04. The van der Waals surface area contributed by atoms with Gasteiger partial charge in [0.2, 0.25) is 11.2 Å². The number of rotatable bonds is 4. The minimum atomic E-state index is -2.07. The molecule has 8 nitrogen and oxygen atoms in total. The van der Waals surface area contributed by atoms with Gasteiger partial charge in [-0.15, -0.1) is 0 Å². The van der Waals surface area contributed by atoms with Crippen molar-refractivity contribution in [2.45, 2.75) is 6.54 Å². The predicted octanol–water partition coefficient (Wildman–Crippen LogP) is 3.37. The quantitative estimate of drug-likeness (QED) is 0.349. The van der Waals surface area contributed by atoms with E-state index >= 15 is 0 Å². The van der Waals surface area contributed by atoms with Gasteiger partial charge in [-0.3, -0.25) is 4.90 Å². The van der Waals surface area contributed by atoms with E-state index < -0.39 is 11.9 Å². The molecule has 0 unspecified atom stereocenters. The number of hydrogen-bond acceptors (Lipinski definition) is 5. The van der Waals surface area contributed by atoms with Crippen LogP contribution in [-0.2, 0) is 16.1 Å². The molecule has 0 aliphatic carbocycles. The molecule has 3 aromatic carbocycles. The average molecular weight is 543 g/mol. The molecule has 198 valence electrons. The summed E-state index contributed by atoms with van der Waals surface area (Å²) >= 11 is 6.05. The second-order valence-corrected chi connectivity index (χ2v) is 9.76. The number of benzene rings is 3. The number of halogens is 1. The van der Waals surface area contributed by atoms with Crippen molar-refractivity contribution in [1.82, 2.24) is 9.30 Å². The van der Waals surface area contributed by atoms with Gasteiger partial charge in [0.1, 0.15) is 11.0 Å². The van der Waals surface area contributed by atoms with Crippen LogP contribution in [0.5, 0.6) is 0 Å². The first-order valence-corrected chi connectivity index (χ1v) is 12.9. The first-order chi connectivity index (χ1) is 18.9. The Morgan fingerprint density at radius 3 is 2.18 bits per heavy atom. The second kappa shape index (κ2) is 11.6. The average Bonchev–Trinajstić information content (AvgIpc) is 3.38. The Morgan fingerprint density at radius 1 is 0.872 bits per heavy atom. The van der Waals surface area contributed by atoms with Crippen LogP contribution in [0.1, 0.15) is 5.56 Å². The summed E-state index contributed by atoms with van der Waals surface area (Å²) in [5.41, 5.74) is 8.52. The molecule has 0 radical (unpaired) electrons. The summed E-state index contributed by atoms with van der Waals surface area (Å²) in [6, 6.07) is 29.6. The smallest absolute Gasteiger partial charge is 0.351 e. The molecule has 9 heteroatoms. The Kier molecular flexibility index (Phi) is 7.76. The number of para-hydroxylation sites is 2. The molecule has 39 heavy (non-hydrogen) atoms. The second-order valence-electron chi connectivity index (χ2n) is 9.32. The highest BCUT2D eigenvalue weighted by Gasteiger charge is 2.21. The van der Waals surface area contributed by atoms with Crippen molar-refractivity contribution in [2.75, 3.05) is 31.1 Å². The van der Waals surface area contributed by atoms with E-state index in [1.165, 1.54) is 27.8 Å². The van der Waals surface area contributed by atoms with E-state index in [1.807, 2.05) is 12.1 Å². The Hall–Kier alpha value is -4.40. The first-order valence-electron chi connectivity index (χ1n) is 12.6. The van der Waals surface area contributed by atoms with Gasteiger partial charge in [0, 0.05) is 61.3 Å². The fourth-order valence-electron chi connectivity index (χ4n) is 4.88. The summed E-state index contributed by atoms with van der Waals surface area (Å²) in [7, 11) is 0. The number of carbonyl (C=O) groups excluding carboxylic acids is 1. The normalized spacial score (nSPS) is 13.7. The molecule has 0 spiro atoms. The number of carboxylic acid groups (broad SMARTS) is 2. The Labute approximate surface area is 230 Å². The van der Waals surface area contributed by atoms with E-state index in [9.17, 15) is 0 Å². The largest absolute Gasteiger partial charge is 0.539 e. The SMILES string of the molecule is Clc1ccc(N2CCN(Cc3cc4c(-c5ccccc5)[nH+]c5ccccc5n4c3)CC2)cc1.O=C([O-])C(=O)O. The highest BCUT2D eigenvalue weighted by molar-refractivity contribution is 6.30. The number of carbonyl (C=O) groups is 2. The highest BCUT2D eigenvalue weighted by atomic mass is 35.5. The number of aromatic nitrogens is 2. The third kappa shape index (κ3) is 6.03. The molecule has 1 aliphatic rings. The van der Waals surface area contributed by atoms with E-state index in [0.29, 0.717) is 0 Å². The highest BCUT2D eigenvalue weighted by Crippen LogP contribution is 2.27. The zero-order chi connectivity index (χ0) is 27.4. The van der Waals surface area contributed by atoms with Gasteiger partial charge in [0.25, 0.3) is 0 Å². The lowest BCUT2D eigenvalue weighted by molar-refractivity contribution is -0.330. The number of nitrogens with one attached hydrogen (secondary N) is 1. The van der Waals surface area contributed by atoms with Crippen molar-refractivity contribution in [3.63, 3.8) is 0 Å². The van der Waals surface area contributed by atoms with Gasteiger partial charge in [-0.05, 0) is 54.1 Å². The van der Waals surface area contributed by atoms with Crippen molar-refractivity contribution in [1.29, 1.82) is 0 Å². The van der Waals surface area contributed by atoms with Crippen LogP contribution in [0, 0.1) is 0 Å². The van der Waals surface area contributed by atoms with Crippen LogP contribution < -0.4 is 15.0 Å². The topological polar surface area (TPSA) is 102 Å². The summed E-state index contributed by atoms with van der Waals surface area (Å²) in [5, 5.41) is 17.1. The van der Waals surface area contributed by atoms with Crippen molar-refractivity contribution in [3.05, 3.63) is 102 Å². The lowest BCUT2D eigenvalue weighted by Crippen LogP contribution is -2.45. The van der Waals surface area contributed by atoms with Crippen LogP contribution in [0.2, 0.25) is 5.02 Å². The van der Waals surface area contributed by atoms with E-state index in [-0.39, 0.29) is 0 Å². The molecule has 0 amide bonds. The van der Waals surface area contributed by atoms with Crippen LogP contribution in [0.3, 0.4) is 0 Å². The van der Waals surface area contributed by atoms with Crippen molar-refractivity contribution in [3.8, 4) is 11.3 Å². The van der Waals surface area contributed by atoms with E-state index in [1.54, 1.807) is 0 Å². The number of aliphatic carboxylic acids is 2. The summed E-state index contributed by atoms with van der Waals surface area (Å²) in [6.45, 7) is 5.11. The van der Waals surface area contributed by atoms with Crippen LogP contribution >= 0.6 is 11.6 Å². The molecule has 0 saturated carbocycles. The van der Waals surface area contributed by atoms with Crippen molar-refractivity contribution < 1.29 is 24.8 Å². The third-order valence-corrected chi connectivity index (χ3v) is 7.02. The van der Waals surface area contributed by atoms with Gasteiger partial charge in [-0.1, -0.05) is 41.9 Å². The van der Waals surface area contributed by atoms with Crippen molar-refractivity contribution >= 4 is 45.8 Å². The molecule has 1 saturated heterocycles. The molecule has 2 N–H and O–H groups in total. The Morgan fingerprint density at radius 2 is 1.51 bits per heavy atom. The van der Waals surface area contributed by atoms with Gasteiger partial charge in [0.15, 0.2) is 5.97 Å². The van der Waals surface area contributed by atoms with E-state index in [0.717, 1.165) is 49.0 Å². The molecule has 6 rings (SSSR count). The maximum Gasteiger partial charge on any atom is 0.351 e. The summed E-state index contributed by atoms with van der Waals surface area (Å²) in [4.78, 5) is 26.7. The summed E-state index contributed by atoms with van der Waals surface area (Å²) in [5.74, 6) is -4.01. The number of H-pyrrole nitrogens is 1. The van der Waals surface area contributed by atoms with Gasteiger partial charge in [-0.2, -0.15) is 0 Å². The minimum absolute atomic E-state index is 0.790. The number of fused-ring (bicyclic) bond motifs is 3. The van der Waals surface area contributed by atoms with Crippen LogP contribution in [0.25, 0.3) is 27.8 Å². The molecule has 0 bridgehead atoms. The number of anilines is 1. The predicted molar refractivity (Wildman–Crippen MR) is 148 cm³/mol. The fourth-order valence-corrected chi connectivity index (χ4v) is 5.01. The number of hydrogen-bond donors (Lipinski definition) is 1. The monoisotopic (exact) mass is 542 g/mol. The summed E-state index contributed by atoms with van der Waals surface area (Å²) in [6.07, 6.45) is 2.31. The molecule has 5 aromatic rings. The lowest BCUT2D eigenvalue weighted by atomic mass is 10.1. The number of nitrogens with zero attached hydrogens (tertiary/aromatic N) is 3. The molecular formula is C30H27ClN4O4. The van der Waals surface area contributed by atoms with Gasteiger partial charge in [0.05, 0.1) is 0 Å². The molecule has 2 aromatic heterocycles.